The highest BCUT2D eigenvalue weighted by atomic mass is 32.2. The van der Waals surface area contributed by atoms with Crippen LogP contribution < -0.4 is 5.73 Å². The van der Waals surface area contributed by atoms with Gasteiger partial charge < -0.3 is 5.73 Å². The summed E-state index contributed by atoms with van der Waals surface area (Å²) >= 11 is 2.01. The average Bonchev–Trinajstić information content (AvgIpc) is 2.22. The van der Waals surface area contributed by atoms with E-state index in [0.29, 0.717) is 6.04 Å². The molecular formula is C13H19NS. The second kappa shape index (κ2) is 5.04. The Hall–Kier alpha value is -0.470. The molecule has 0 spiro atoms. The lowest BCUT2D eigenvalue weighted by Gasteiger charge is -2.26. The third kappa shape index (κ3) is 2.99. The maximum atomic E-state index is 6.00. The van der Waals surface area contributed by atoms with Crippen LogP contribution in [0.3, 0.4) is 0 Å². The number of aryl methyl sites for hydroxylation is 1. The Morgan fingerprint density at radius 1 is 1.27 bits per heavy atom. The molecule has 82 valence electrons. The first-order valence-electron chi connectivity index (χ1n) is 5.73. The Bertz CT molecular complexity index is 324. The first-order valence-corrected chi connectivity index (χ1v) is 6.61. The number of nitrogens with two attached hydrogens (primary N) is 1. The molecule has 2 unspecified atom stereocenters. The Morgan fingerprint density at radius 3 is 2.80 bits per heavy atom. The van der Waals surface area contributed by atoms with Crippen LogP contribution in [-0.2, 0) is 0 Å². The second-order valence-corrected chi connectivity index (χ2v) is 5.77. The highest BCUT2D eigenvalue weighted by molar-refractivity contribution is 8.00. The summed E-state index contributed by atoms with van der Waals surface area (Å²) in [7, 11) is 0. The molecule has 0 amide bonds. The lowest BCUT2D eigenvalue weighted by molar-refractivity contribution is 0.451. The molecule has 0 bridgehead atoms. The van der Waals surface area contributed by atoms with Crippen molar-refractivity contribution in [2.45, 2.75) is 48.8 Å². The molecule has 0 saturated heterocycles. The van der Waals surface area contributed by atoms with Crippen molar-refractivity contribution >= 4 is 11.8 Å². The minimum atomic E-state index is 0.431. The molecule has 0 aromatic heterocycles. The SMILES string of the molecule is Cc1ccccc1SC1CCCC(N)C1. The fraction of sp³-hybridized carbons (Fsp3) is 0.538. The quantitative estimate of drug-likeness (QED) is 0.828. The lowest BCUT2D eigenvalue weighted by Crippen LogP contribution is -2.29. The fourth-order valence-electron chi connectivity index (χ4n) is 2.16. The summed E-state index contributed by atoms with van der Waals surface area (Å²) in [5.74, 6) is 0. The van der Waals surface area contributed by atoms with E-state index in [4.69, 9.17) is 5.73 Å². The van der Waals surface area contributed by atoms with Gasteiger partial charge in [-0.25, -0.2) is 0 Å². The van der Waals surface area contributed by atoms with Crippen LogP contribution in [0.2, 0.25) is 0 Å². The Morgan fingerprint density at radius 2 is 2.07 bits per heavy atom. The average molecular weight is 221 g/mol. The molecule has 1 nitrogen and oxygen atoms in total. The summed E-state index contributed by atoms with van der Waals surface area (Å²) in [6.07, 6.45) is 5.02. The number of thioether (sulfide) groups is 1. The fourth-order valence-corrected chi connectivity index (χ4v) is 3.55. The molecule has 1 aliphatic rings. The third-order valence-electron chi connectivity index (χ3n) is 3.05. The van der Waals surface area contributed by atoms with E-state index in [0.717, 1.165) is 5.25 Å². The highest BCUT2D eigenvalue weighted by Crippen LogP contribution is 2.34. The van der Waals surface area contributed by atoms with Gasteiger partial charge in [-0.05, 0) is 37.8 Å². The number of rotatable bonds is 2. The summed E-state index contributed by atoms with van der Waals surface area (Å²) in [6, 6.07) is 9.07. The van der Waals surface area contributed by atoms with E-state index >= 15 is 0 Å². The maximum Gasteiger partial charge on any atom is 0.0109 e. The van der Waals surface area contributed by atoms with Crippen molar-refractivity contribution in [1.82, 2.24) is 0 Å². The van der Waals surface area contributed by atoms with Crippen LogP contribution in [0.15, 0.2) is 29.2 Å². The number of hydrogen-bond donors (Lipinski definition) is 1. The van der Waals surface area contributed by atoms with E-state index in [1.165, 1.54) is 36.1 Å². The molecule has 2 heteroatoms. The van der Waals surface area contributed by atoms with Gasteiger partial charge in [-0.2, -0.15) is 0 Å². The monoisotopic (exact) mass is 221 g/mol. The first kappa shape index (κ1) is 11.0. The predicted molar refractivity (Wildman–Crippen MR) is 67.3 cm³/mol. The largest absolute Gasteiger partial charge is 0.328 e. The normalized spacial score (nSPS) is 26.5. The van der Waals surface area contributed by atoms with Crippen LogP contribution in [0.25, 0.3) is 0 Å². The summed E-state index contributed by atoms with van der Waals surface area (Å²) < 4.78 is 0. The van der Waals surface area contributed by atoms with Crippen molar-refractivity contribution < 1.29 is 0 Å². The van der Waals surface area contributed by atoms with Crippen molar-refractivity contribution in [2.24, 2.45) is 5.73 Å². The molecule has 1 fully saturated rings. The van der Waals surface area contributed by atoms with Crippen molar-refractivity contribution in [2.75, 3.05) is 0 Å². The zero-order chi connectivity index (χ0) is 10.7. The summed E-state index contributed by atoms with van der Waals surface area (Å²) in [5.41, 5.74) is 7.39. The van der Waals surface area contributed by atoms with Gasteiger partial charge in [0.05, 0.1) is 0 Å². The summed E-state index contributed by atoms with van der Waals surface area (Å²) in [6.45, 7) is 2.19. The smallest absolute Gasteiger partial charge is 0.0109 e. The van der Waals surface area contributed by atoms with E-state index in [1.54, 1.807) is 0 Å². The van der Waals surface area contributed by atoms with E-state index in [1.807, 2.05) is 11.8 Å². The molecule has 1 aromatic rings. The number of benzene rings is 1. The van der Waals surface area contributed by atoms with Crippen LogP contribution in [0.4, 0.5) is 0 Å². The molecule has 1 aliphatic carbocycles. The van der Waals surface area contributed by atoms with Crippen LogP contribution >= 0.6 is 11.8 Å². The van der Waals surface area contributed by atoms with Crippen molar-refractivity contribution in [3.8, 4) is 0 Å². The Kier molecular flexibility index (Phi) is 3.71. The van der Waals surface area contributed by atoms with Crippen molar-refractivity contribution in [3.05, 3.63) is 29.8 Å². The van der Waals surface area contributed by atoms with Crippen molar-refractivity contribution in [1.29, 1.82) is 0 Å². The van der Waals surface area contributed by atoms with Gasteiger partial charge in [0.25, 0.3) is 0 Å². The van der Waals surface area contributed by atoms with Gasteiger partial charge in [0.2, 0.25) is 0 Å². The predicted octanol–water partition coefficient (Wildman–Crippen LogP) is 3.36. The summed E-state index contributed by atoms with van der Waals surface area (Å²) in [4.78, 5) is 1.43. The lowest BCUT2D eigenvalue weighted by atomic mass is 9.96. The molecule has 2 N–H and O–H groups in total. The van der Waals surface area contributed by atoms with Crippen LogP contribution in [0, 0.1) is 6.92 Å². The van der Waals surface area contributed by atoms with E-state index in [2.05, 4.69) is 31.2 Å². The molecule has 0 heterocycles. The molecule has 2 rings (SSSR count). The molecular weight excluding hydrogens is 202 g/mol. The zero-order valence-electron chi connectivity index (χ0n) is 9.28. The highest BCUT2D eigenvalue weighted by Gasteiger charge is 2.20. The maximum absolute atomic E-state index is 6.00. The molecule has 0 radical (unpaired) electrons. The molecule has 0 aliphatic heterocycles. The van der Waals surface area contributed by atoms with Gasteiger partial charge in [0.1, 0.15) is 0 Å². The van der Waals surface area contributed by atoms with E-state index < -0.39 is 0 Å². The van der Waals surface area contributed by atoms with Crippen LogP contribution in [0.5, 0.6) is 0 Å². The first-order chi connectivity index (χ1) is 7.25. The third-order valence-corrected chi connectivity index (χ3v) is 4.53. The summed E-state index contributed by atoms with van der Waals surface area (Å²) in [5, 5.41) is 0.731. The molecule has 1 aromatic carbocycles. The van der Waals surface area contributed by atoms with Crippen LogP contribution in [0.1, 0.15) is 31.2 Å². The van der Waals surface area contributed by atoms with Crippen LogP contribution in [-0.4, -0.2) is 11.3 Å². The van der Waals surface area contributed by atoms with Gasteiger partial charge in [-0.15, -0.1) is 11.8 Å². The zero-order valence-corrected chi connectivity index (χ0v) is 10.1. The van der Waals surface area contributed by atoms with Gasteiger partial charge in [0.15, 0.2) is 0 Å². The van der Waals surface area contributed by atoms with Crippen molar-refractivity contribution in [3.63, 3.8) is 0 Å². The standard InChI is InChI=1S/C13H19NS/c1-10-5-2-3-8-13(10)15-12-7-4-6-11(14)9-12/h2-3,5,8,11-12H,4,6-7,9,14H2,1H3. The molecule has 15 heavy (non-hydrogen) atoms. The minimum Gasteiger partial charge on any atom is -0.328 e. The number of hydrogen-bond acceptors (Lipinski definition) is 2. The Labute approximate surface area is 96.4 Å². The van der Waals surface area contributed by atoms with Gasteiger partial charge >= 0.3 is 0 Å². The molecule has 2 atom stereocenters. The second-order valence-electron chi connectivity index (χ2n) is 4.43. The van der Waals surface area contributed by atoms with E-state index in [9.17, 15) is 0 Å². The minimum absolute atomic E-state index is 0.431. The molecule has 1 saturated carbocycles. The van der Waals surface area contributed by atoms with Gasteiger partial charge in [-0.3, -0.25) is 0 Å². The van der Waals surface area contributed by atoms with E-state index in [-0.39, 0.29) is 0 Å². The van der Waals surface area contributed by atoms with Gasteiger partial charge in [0, 0.05) is 16.2 Å². The Balaban J connectivity index is 1.99. The van der Waals surface area contributed by atoms with Gasteiger partial charge in [-0.1, -0.05) is 24.6 Å². The topological polar surface area (TPSA) is 26.0 Å².